The maximum atomic E-state index is 12.2. The number of carbonyl (C=O) groups excluding carboxylic acids is 1. The molecule has 1 aromatic carbocycles. The number of aromatic amines is 1. The van der Waals surface area contributed by atoms with E-state index in [2.05, 4.69) is 15.5 Å². The molecule has 2 aromatic rings. The lowest BCUT2D eigenvalue weighted by atomic mass is 9.86. The molecule has 0 aliphatic heterocycles. The maximum absolute atomic E-state index is 12.2. The fraction of sp³-hybridized carbons (Fsp3) is 0.385. The van der Waals surface area contributed by atoms with Crippen LogP contribution in [-0.2, 0) is 0 Å². The van der Waals surface area contributed by atoms with Crippen LogP contribution in [0.15, 0.2) is 18.2 Å². The number of H-pyrrole nitrogens is 1. The van der Waals surface area contributed by atoms with Gasteiger partial charge in [-0.2, -0.15) is 5.10 Å². The molecule has 0 saturated carbocycles. The number of rotatable bonds is 2. The molecule has 1 heterocycles. The minimum absolute atomic E-state index is 0.141. The quantitative estimate of drug-likeness (QED) is 0.781. The number of Topliss-reactive ketones (excluding diaryl/α,β-unsaturated/α-hetero) is 1. The third-order valence-electron chi connectivity index (χ3n) is 2.74. The first-order chi connectivity index (χ1) is 7.93. The van der Waals surface area contributed by atoms with Crippen molar-refractivity contribution < 1.29 is 4.79 Å². The van der Waals surface area contributed by atoms with Crippen LogP contribution in [0.25, 0.3) is 10.9 Å². The molecule has 1 aromatic heterocycles. The number of fused-ring (bicyclic) bond motifs is 1. The van der Waals surface area contributed by atoms with Gasteiger partial charge >= 0.3 is 0 Å². The van der Waals surface area contributed by atoms with E-state index in [1.165, 1.54) is 0 Å². The normalized spacial score (nSPS) is 11.8. The summed E-state index contributed by atoms with van der Waals surface area (Å²) in [6, 6.07) is 5.62. The SMILES string of the molecule is CNc1n[nH]c2ccc(C(=O)C(C)(C)C)cc12. The largest absolute Gasteiger partial charge is 0.371 e. The van der Waals surface area contributed by atoms with E-state index >= 15 is 0 Å². The van der Waals surface area contributed by atoms with Crippen LogP contribution in [0, 0.1) is 5.41 Å². The van der Waals surface area contributed by atoms with E-state index in [1.807, 2.05) is 46.0 Å². The molecule has 0 radical (unpaired) electrons. The first-order valence-corrected chi connectivity index (χ1v) is 5.64. The van der Waals surface area contributed by atoms with E-state index in [9.17, 15) is 4.79 Å². The van der Waals surface area contributed by atoms with E-state index in [4.69, 9.17) is 0 Å². The molecule has 17 heavy (non-hydrogen) atoms. The fourth-order valence-corrected chi connectivity index (χ4v) is 1.78. The summed E-state index contributed by atoms with van der Waals surface area (Å²) in [5, 5.41) is 11.0. The topological polar surface area (TPSA) is 57.8 Å². The van der Waals surface area contributed by atoms with Gasteiger partial charge in [-0.05, 0) is 18.2 Å². The zero-order valence-electron chi connectivity index (χ0n) is 10.6. The van der Waals surface area contributed by atoms with Crippen molar-refractivity contribution in [3.63, 3.8) is 0 Å². The molecule has 2 N–H and O–H groups in total. The van der Waals surface area contributed by atoms with Gasteiger partial charge in [0.1, 0.15) is 0 Å². The van der Waals surface area contributed by atoms with Crippen LogP contribution in [0.5, 0.6) is 0 Å². The predicted octanol–water partition coefficient (Wildman–Crippen LogP) is 2.83. The van der Waals surface area contributed by atoms with Crippen molar-refractivity contribution in [1.29, 1.82) is 0 Å². The Morgan fingerprint density at radius 1 is 1.35 bits per heavy atom. The highest BCUT2D eigenvalue weighted by atomic mass is 16.1. The van der Waals surface area contributed by atoms with Gasteiger partial charge < -0.3 is 5.32 Å². The number of hydrogen-bond acceptors (Lipinski definition) is 3. The monoisotopic (exact) mass is 231 g/mol. The van der Waals surface area contributed by atoms with E-state index in [0.717, 1.165) is 22.3 Å². The molecule has 0 fully saturated rings. The van der Waals surface area contributed by atoms with E-state index in [-0.39, 0.29) is 11.2 Å². The molecule has 0 bridgehead atoms. The Balaban J connectivity index is 2.54. The molecule has 0 aliphatic carbocycles. The van der Waals surface area contributed by atoms with Crippen molar-refractivity contribution in [1.82, 2.24) is 10.2 Å². The molecule has 0 aliphatic rings. The highest BCUT2D eigenvalue weighted by Gasteiger charge is 2.23. The predicted molar refractivity (Wildman–Crippen MR) is 69.4 cm³/mol. The average molecular weight is 231 g/mol. The van der Waals surface area contributed by atoms with Crippen molar-refractivity contribution in [3.8, 4) is 0 Å². The van der Waals surface area contributed by atoms with Gasteiger partial charge in [-0.25, -0.2) is 0 Å². The second-order valence-electron chi connectivity index (χ2n) is 5.16. The van der Waals surface area contributed by atoms with Crippen LogP contribution in [0.3, 0.4) is 0 Å². The molecular formula is C13H17N3O. The van der Waals surface area contributed by atoms with E-state index < -0.39 is 0 Å². The van der Waals surface area contributed by atoms with E-state index in [1.54, 1.807) is 0 Å². The Kier molecular flexibility index (Phi) is 2.65. The van der Waals surface area contributed by atoms with Gasteiger partial charge in [0.25, 0.3) is 0 Å². The van der Waals surface area contributed by atoms with Crippen molar-refractivity contribution in [2.75, 3.05) is 12.4 Å². The zero-order valence-corrected chi connectivity index (χ0v) is 10.6. The van der Waals surface area contributed by atoms with Crippen LogP contribution in [-0.4, -0.2) is 23.0 Å². The third kappa shape index (κ3) is 2.02. The maximum Gasteiger partial charge on any atom is 0.168 e. The Morgan fingerprint density at radius 2 is 2.06 bits per heavy atom. The lowest BCUT2D eigenvalue weighted by Gasteiger charge is -2.16. The molecule has 4 nitrogen and oxygen atoms in total. The van der Waals surface area contributed by atoms with Crippen molar-refractivity contribution in [2.24, 2.45) is 5.41 Å². The number of aromatic nitrogens is 2. The molecule has 4 heteroatoms. The summed E-state index contributed by atoms with van der Waals surface area (Å²) in [5.74, 6) is 0.909. The highest BCUT2D eigenvalue weighted by Crippen LogP contribution is 2.26. The molecule has 0 unspecified atom stereocenters. The van der Waals surface area contributed by atoms with Crippen LogP contribution in [0.2, 0.25) is 0 Å². The van der Waals surface area contributed by atoms with Crippen LogP contribution >= 0.6 is 0 Å². The number of benzene rings is 1. The molecule has 2 rings (SSSR count). The third-order valence-corrected chi connectivity index (χ3v) is 2.74. The fourth-order valence-electron chi connectivity index (χ4n) is 1.78. The number of hydrogen-bond donors (Lipinski definition) is 2. The first-order valence-electron chi connectivity index (χ1n) is 5.64. The van der Waals surface area contributed by atoms with Gasteiger partial charge in [-0.3, -0.25) is 9.89 Å². The molecule has 0 spiro atoms. The van der Waals surface area contributed by atoms with Gasteiger partial charge in [-0.15, -0.1) is 0 Å². The van der Waals surface area contributed by atoms with Crippen molar-refractivity contribution >= 4 is 22.5 Å². The van der Waals surface area contributed by atoms with Gasteiger partial charge in [0.05, 0.1) is 5.52 Å². The summed E-state index contributed by atoms with van der Waals surface area (Å²) in [6.07, 6.45) is 0. The summed E-state index contributed by atoms with van der Waals surface area (Å²) in [5.41, 5.74) is 1.29. The summed E-state index contributed by atoms with van der Waals surface area (Å²) in [7, 11) is 1.81. The van der Waals surface area contributed by atoms with Crippen molar-refractivity contribution in [2.45, 2.75) is 20.8 Å². The summed E-state index contributed by atoms with van der Waals surface area (Å²) in [4.78, 5) is 12.2. The molecule has 0 saturated heterocycles. The number of anilines is 1. The first kappa shape index (κ1) is 11.6. The molecule has 90 valence electrons. The lowest BCUT2D eigenvalue weighted by Crippen LogP contribution is -2.19. The Hall–Kier alpha value is -1.84. The highest BCUT2D eigenvalue weighted by molar-refractivity contribution is 6.04. The zero-order chi connectivity index (χ0) is 12.6. The second-order valence-corrected chi connectivity index (χ2v) is 5.16. The van der Waals surface area contributed by atoms with Gasteiger partial charge in [0.2, 0.25) is 0 Å². The van der Waals surface area contributed by atoms with Gasteiger partial charge in [0.15, 0.2) is 11.6 Å². The Labute approximate surface area is 100 Å². The average Bonchev–Trinajstić information content (AvgIpc) is 2.68. The van der Waals surface area contributed by atoms with Crippen LogP contribution < -0.4 is 5.32 Å². The standard InChI is InChI=1S/C13H17N3O/c1-13(2,3)11(17)8-5-6-10-9(7-8)12(14-4)16-15-10/h5-7H,1-4H3,(H2,14,15,16). The van der Waals surface area contributed by atoms with Gasteiger partial charge in [-0.1, -0.05) is 20.8 Å². The van der Waals surface area contributed by atoms with Crippen molar-refractivity contribution in [3.05, 3.63) is 23.8 Å². The Morgan fingerprint density at radius 3 is 2.65 bits per heavy atom. The number of nitrogens with zero attached hydrogens (tertiary/aromatic N) is 1. The lowest BCUT2D eigenvalue weighted by molar-refractivity contribution is 0.0858. The number of ketones is 1. The minimum atomic E-state index is -0.364. The van der Waals surface area contributed by atoms with Gasteiger partial charge in [0, 0.05) is 23.4 Å². The summed E-state index contributed by atoms with van der Waals surface area (Å²) in [6.45, 7) is 5.77. The molecule has 0 amide bonds. The minimum Gasteiger partial charge on any atom is -0.371 e. The number of carbonyl (C=O) groups is 1. The second kappa shape index (κ2) is 3.87. The smallest absolute Gasteiger partial charge is 0.168 e. The Bertz CT molecular complexity index is 564. The summed E-state index contributed by atoms with van der Waals surface area (Å²) >= 11 is 0. The molecule has 0 atom stereocenters. The van der Waals surface area contributed by atoms with Crippen LogP contribution in [0.4, 0.5) is 5.82 Å². The number of nitrogens with one attached hydrogen (secondary N) is 2. The van der Waals surface area contributed by atoms with Crippen LogP contribution in [0.1, 0.15) is 31.1 Å². The summed E-state index contributed by atoms with van der Waals surface area (Å²) < 4.78 is 0. The van der Waals surface area contributed by atoms with E-state index in [0.29, 0.717) is 0 Å². The molecular weight excluding hydrogens is 214 g/mol.